The fourth-order valence-electron chi connectivity index (χ4n) is 4.15. The van der Waals surface area contributed by atoms with E-state index in [0.717, 1.165) is 25.0 Å². The minimum Gasteiger partial charge on any atom is -0.588 e. The van der Waals surface area contributed by atoms with Gasteiger partial charge in [0.15, 0.2) is 5.82 Å². The van der Waals surface area contributed by atoms with Gasteiger partial charge >= 0.3 is 0 Å². The van der Waals surface area contributed by atoms with Gasteiger partial charge in [-0.25, -0.2) is 9.11 Å². The lowest BCUT2D eigenvalue weighted by Crippen LogP contribution is -2.48. The molecule has 1 saturated heterocycles. The van der Waals surface area contributed by atoms with E-state index in [0.29, 0.717) is 23.5 Å². The minimum atomic E-state index is -1.72. The Bertz CT molecular complexity index is 1330. The molecule has 1 aliphatic rings. The molecule has 1 amide bonds. The van der Waals surface area contributed by atoms with Crippen molar-refractivity contribution >= 4 is 33.9 Å². The van der Waals surface area contributed by atoms with E-state index in [2.05, 4.69) is 19.6 Å². The van der Waals surface area contributed by atoms with E-state index < -0.39 is 17.2 Å². The number of para-hydroxylation sites is 1. The topological polar surface area (TPSA) is 84.4 Å². The van der Waals surface area contributed by atoms with Crippen LogP contribution in [-0.4, -0.2) is 56.4 Å². The summed E-state index contributed by atoms with van der Waals surface area (Å²) in [6, 6.07) is 17.2. The second-order valence-corrected chi connectivity index (χ2v) is 9.50. The third-order valence-electron chi connectivity index (χ3n) is 6.03. The minimum absolute atomic E-state index is 0.0648. The summed E-state index contributed by atoms with van der Waals surface area (Å²) in [5.74, 6) is -0.841. The molecule has 1 fully saturated rings. The number of halogens is 1. The summed E-state index contributed by atoms with van der Waals surface area (Å²) in [7, 11) is 0. The molecule has 9 heteroatoms. The zero-order chi connectivity index (χ0) is 24.2. The highest BCUT2D eigenvalue weighted by atomic mass is 32.2. The molecule has 1 atom stereocenters. The Balaban J connectivity index is 1.22. The molecule has 1 unspecified atom stereocenters. The first kappa shape index (κ1) is 23.2. The highest BCUT2D eigenvalue weighted by Crippen LogP contribution is 2.25. The summed E-state index contributed by atoms with van der Waals surface area (Å²) in [5.41, 5.74) is 2.11. The number of amides is 1. The molecule has 0 spiro atoms. The van der Waals surface area contributed by atoms with Crippen molar-refractivity contribution in [3.05, 3.63) is 96.2 Å². The molecule has 2 aromatic heterocycles. The van der Waals surface area contributed by atoms with E-state index in [-0.39, 0.29) is 17.2 Å². The van der Waals surface area contributed by atoms with Gasteiger partial charge in [-0.2, -0.15) is 0 Å². The number of aromatic nitrogens is 2. The van der Waals surface area contributed by atoms with Gasteiger partial charge in [0, 0.05) is 62.3 Å². The Morgan fingerprint density at radius 3 is 2.54 bits per heavy atom. The first-order valence-corrected chi connectivity index (χ1v) is 12.5. The van der Waals surface area contributed by atoms with Gasteiger partial charge < -0.3 is 9.45 Å². The lowest BCUT2D eigenvalue weighted by Gasteiger charge is -2.34. The first-order valence-electron chi connectivity index (χ1n) is 11.3. The van der Waals surface area contributed by atoms with Gasteiger partial charge in [-0.15, -0.1) is 0 Å². The predicted octanol–water partition coefficient (Wildman–Crippen LogP) is 3.86. The first-order chi connectivity index (χ1) is 17.1. The van der Waals surface area contributed by atoms with Crippen molar-refractivity contribution in [3.8, 4) is 0 Å². The summed E-state index contributed by atoms with van der Waals surface area (Å²) in [4.78, 5) is 25.8. The fourth-order valence-corrected chi connectivity index (χ4v) is 5.17. The molecular weight excluding hydrogens is 465 g/mol. The molecule has 2 aromatic carbocycles. The van der Waals surface area contributed by atoms with E-state index in [4.69, 9.17) is 0 Å². The van der Waals surface area contributed by atoms with Crippen LogP contribution in [0.3, 0.4) is 0 Å². The average Bonchev–Trinajstić information content (AvgIpc) is 2.90. The van der Waals surface area contributed by atoms with Gasteiger partial charge in [-0.1, -0.05) is 18.2 Å². The summed E-state index contributed by atoms with van der Waals surface area (Å²) in [6.45, 7) is 3.44. The maximum absolute atomic E-state index is 14.9. The van der Waals surface area contributed by atoms with Crippen LogP contribution in [0.5, 0.6) is 0 Å². The molecule has 7 nitrogen and oxygen atoms in total. The lowest BCUT2D eigenvalue weighted by atomic mass is 10.1. The van der Waals surface area contributed by atoms with Gasteiger partial charge in [-0.05, 0) is 48.0 Å². The number of anilines is 1. The van der Waals surface area contributed by atoms with Crippen LogP contribution >= 0.6 is 0 Å². The molecule has 0 aliphatic carbocycles. The Morgan fingerprint density at radius 1 is 1.00 bits per heavy atom. The van der Waals surface area contributed by atoms with Crippen molar-refractivity contribution in [3.63, 3.8) is 0 Å². The number of fused-ring (bicyclic) bond motifs is 1. The maximum atomic E-state index is 14.9. The van der Waals surface area contributed by atoms with Crippen LogP contribution in [0.1, 0.15) is 15.9 Å². The summed E-state index contributed by atoms with van der Waals surface area (Å²) < 4.78 is 30.5. The van der Waals surface area contributed by atoms with Crippen molar-refractivity contribution in [2.45, 2.75) is 11.4 Å². The van der Waals surface area contributed by atoms with Crippen molar-refractivity contribution < 1.29 is 13.7 Å². The van der Waals surface area contributed by atoms with Gasteiger partial charge in [0.1, 0.15) is 22.6 Å². The monoisotopic (exact) mass is 489 g/mol. The molecule has 0 bridgehead atoms. The SMILES string of the molecule is O=C(c1ccc(N[S+]([O-])c2cccc3cccnc23)c(F)c1)N1CCN(Cc2ccncc2)CC1. The zero-order valence-electron chi connectivity index (χ0n) is 18.9. The van der Waals surface area contributed by atoms with E-state index in [1.54, 1.807) is 47.8 Å². The molecule has 0 radical (unpaired) electrons. The van der Waals surface area contributed by atoms with Crippen molar-refractivity contribution in [2.24, 2.45) is 0 Å². The smallest absolute Gasteiger partial charge is 0.254 e. The average molecular weight is 490 g/mol. The van der Waals surface area contributed by atoms with Gasteiger partial charge in [0.25, 0.3) is 5.91 Å². The van der Waals surface area contributed by atoms with Crippen LogP contribution in [0, 0.1) is 5.82 Å². The van der Waals surface area contributed by atoms with Crippen LogP contribution in [0.4, 0.5) is 10.1 Å². The fraction of sp³-hybridized carbons (Fsp3) is 0.192. The molecule has 3 heterocycles. The van der Waals surface area contributed by atoms with E-state index in [9.17, 15) is 13.7 Å². The molecule has 1 aliphatic heterocycles. The highest BCUT2D eigenvalue weighted by Gasteiger charge is 2.24. The standard InChI is InChI=1S/C26H24FN5O2S/c27-22-17-21(26(33)32-15-13-31(14-16-32)18-19-8-11-28-12-9-19)6-7-23(22)30-35(34)24-5-1-3-20-4-2-10-29-25(20)24/h1-12,17,30H,13-16,18H2. The number of nitrogens with one attached hydrogen (secondary N) is 1. The third kappa shape index (κ3) is 5.27. The number of rotatable bonds is 6. The molecule has 178 valence electrons. The zero-order valence-corrected chi connectivity index (χ0v) is 19.7. The number of hydrogen-bond donors (Lipinski definition) is 1. The number of carbonyl (C=O) groups is 1. The molecule has 35 heavy (non-hydrogen) atoms. The summed E-state index contributed by atoms with van der Waals surface area (Å²) in [5, 5.41) is 0.849. The number of benzene rings is 2. The van der Waals surface area contributed by atoms with Gasteiger partial charge in [0.2, 0.25) is 4.90 Å². The van der Waals surface area contributed by atoms with Crippen LogP contribution in [-0.2, 0) is 17.9 Å². The van der Waals surface area contributed by atoms with E-state index >= 15 is 0 Å². The largest absolute Gasteiger partial charge is 0.588 e. The van der Waals surface area contributed by atoms with Crippen LogP contribution < -0.4 is 4.72 Å². The molecule has 5 rings (SSSR count). The number of nitrogens with zero attached hydrogens (tertiary/aromatic N) is 4. The van der Waals surface area contributed by atoms with Crippen molar-refractivity contribution in [1.82, 2.24) is 19.8 Å². The Labute approximate surface area is 205 Å². The van der Waals surface area contributed by atoms with Gasteiger partial charge in [0.05, 0.1) is 0 Å². The molecule has 0 saturated carbocycles. The Kier molecular flexibility index (Phi) is 6.89. The van der Waals surface area contributed by atoms with Gasteiger partial charge in [-0.3, -0.25) is 19.7 Å². The number of hydrogen-bond acceptors (Lipinski definition) is 6. The Morgan fingerprint density at radius 2 is 1.77 bits per heavy atom. The third-order valence-corrected chi connectivity index (χ3v) is 7.16. The molecule has 1 N–H and O–H groups in total. The van der Waals surface area contributed by atoms with E-state index in [1.165, 1.54) is 17.7 Å². The second-order valence-electron chi connectivity index (χ2n) is 8.32. The maximum Gasteiger partial charge on any atom is 0.254 e. The van der Waals surface area contributed by atoms with Crippen LogP contribution in [0.15, 0.2) is 84.1 Å². The summed E-state index contributed by atoms with van der Waals surface area (Å²) in [6.07, 6.45) is 5.18. The quantitative estimate of drug-likeness (QED) is 0.414. The highest BCUT2D eigenvalue weighted by molar-refractivity contribution is 7.93. The van der Waals surface area contributed by atoms with E-state index in [1.807, 2.05) is 24.3 Å². The number of pyridine rings is 2. The predicted molar refractivity (Wildman–Crippen MR) is 134 cm³/mol. The number of carbonyl (C=O) groups excluding carboxylic acids is 1. The second kappa shape index (κ2) is 10.4. The number of piperazine rings is 1. The lowest BCUT2D eigenvalue weighted by molar-refractivity contribution is 0.0628. The normalized spacial score (nSPS) is 15.2. The molecular formula is C26H24FN5O2S. The van der Waals surface area contributed by atoms with Crippen LogP contribution in [0.2, 0.25) is 0 Å². The van der Waals surface area contributed by atoms with Crippen molar-refractivity contribution in [1.29, 1.82) is 0 Å². The van der Waals surface area contributed by atoms with Crippen molar-refractivity contribution in [2.75, 3.05) is 30.9 Å². The van der Waals surface area contributed by atoms with Crippen LogP contribution in [0.25, 0.3) is 10.9 Å². The molecule has 4 aromatic rings. The summed E-state index contributed by atoms with van der Waals surface area (Å²) >= 11 is -1.72. The Hall–Kier alpha value is -3.53.